The van der Waals surface area contributed by atoms with E-state index in [1.54, 1.807) is 17.0 Å². The van der Waals surface area contributed by atoms with E-state index in [1.807, 2.05) is 17.0 Å². The van der Waals surface area contributed by atoms with Gasteiger partial charge in [0, 0.05) is 51.8 Å². The summed E-state index contributed by atoms with van der Waals surface area (Å²) in [5.41, 5.74) is 6.71. The predicted octanol–water partition coefficient (Wildman–Crippen LogP) is 2.29. The first-order chi connectivity index (χ1) is 21.5. The fourth-order valence-corrected chi connectivity index (χ4v) is 5.48. The number of guanidine groups is 1. The molecule has 242 valence electrons. The van der Waals surface area contributed by atoms with Gasteiger partial charge in [-0.1, -0.05) is 12.1 Å². The first-order valence-electron chi connectivity index (χ1n) is 15.1. The van der Waals surface area contributed by atoms with E-state index in [0.29, 0.717) is 76.4 Å². The lowest BCUT2D eigenvalue weighted by molar-refractivity contribution is -0.144. The molecule has 0 aliphatic carbocycles. The summed E-state index contributed by atoms with van der Waals surface area (Å²) in [6, 6.07) is 10.0. The highest BCUT2D eigenvalue weighted by molar-refractivity contribution is 5.86. The molecule has 15 heteroatoms. The lowest BCUT2D eigenvalue weighted by atomic mass is 9.91. The number of alkyl halides is 3. The monoisotopic (exact) mass is 628 g/mol. The lowest BCUT2D eigenvalue weighted by Gasteiger charge is -2.41. The zero-order chi connectivity index (χ0) is 32.4. The Hall–Kier alpha value is -4.61. The molecule has 0 saturated carbocycles. The number of carbonyl (C=O) groups is 2. The summed E-state index contributed by atoms with van der Waals surface area (Å²) in [6.45, 7) is 2.58. The van der Waals surface area contributed by atoms with Crippen molar-refractivity contribution >= 4 is 29.4 Å². The van der Waals surface area contributed by atoms with Gasteiger partial charge >= 0.3 is 6.18 Å². The Morgan fingerprint density at radius 2 is 1.69 bits per heavy atom. The van der Waals surface area contributed by atoms with Crippen LogP contribution in [0.2, 0.25) is 0 Å². The molecule has 2 aromatic rings. The number of piperidine rings is 1. The minimum Gasteiger partial charge on any atom is -0.370 e. The maximum absolute atomic E-state index is 13.8. The van der Waals surface area contributed by atoms with E-state index >= 15 is 0 Å². The van der Waals surface area contributed by atoms with Crippen molar-refractivity contribution in [3.8, 4) is 6.07 Å². The number of nitrogens with two attached hydrogens (primary N) is 1. The number of halogens is 3. The van der Waals surface area contributed by atoms with Crippen molar-refractivity contribution in [1.29, 1.82) is 10.7 Å². The van der Waals surface area contributed by atoms with Gasteiger partial charge in [-0.3, -0.25) is 15.0 Å². The lowest BCUT2D eigenvalue weighted by Crippen LogP contribution is -2.57. The second-order valence-corrected chi connectivity index (χ2v) is 11.3. The molecule has 6 N–H and O–H groups in total. The van der Waals surface area contributed by atoms with Crippen molar-refractivity contribution in [1.82, 2.24) is 25.9 Å². The Labute approximate surface area is 260 Å². The molecule has 45 heavy (non-hydrogen) atoms. The highest BCUT2D eigenvalue weighted by atomic mass is 19.4. The number of hydrogen-bond donors (Lipinski definition) is 5. The fraction of sp³-hybridized carbons (Fsp3) is 0.533. The van der Waals surface area contributed by atoms with Gasteiger partial charge in [0.2, 0.25) is 17.6 Å². The zero-order valence-electron chi connectivity index (χ0n) is 25.0. The SMILES string of the molecule is N#Cc1ccc(CCNC(=O)[C@@H]2CCN2c2cc(N3CCC(CCCC(=O)NCCNC(=N)N)CC3)nc(C(F)(F)F)n2)cc1. The molecule has 12 nitrogen and oxygen atoms in total. The molecule has 0 radical (unpaired) electrons. The molecule has 2 saturated heterocycles. The normalized spacial score (nSPS) is 16.8. The maximum atomic E-state index is 13.8. The Kier molecular flexibility index (Phi) is 11.4. The van der Waals surface area contributed by atoms with Crippen LogP contribution in [0.1, 0.15) is 55.5 Å². The van der Waals surface area contributed by atoms with Crippen molar-refractivity contribution in [3.05, 3.63) is 47.3 Å². The summed E-state index contributed by atoms with van der Waals surface area (Å²) in [5.74, 6) is -1.10. The average molecular weight is 629 g/mol. The highest BCUT2D eigenvalue weighted by Crippen LogP contribution is 2.34. The number of aromatic nitrogens is 2. The third kappa shape index (κ3) is 9.69. The molecular formula is C30H39F3N10O2. The van der Waals surface area contributed by atoms with E-state index in [4.69, 9.17) is 16.4 Å². The van der Waals surface area contributed by atoms with Crippen LogP contribution in [0, 0.1) is 22.7 Å². The van der Waals surface area contributed by atoms with Gasteiger partial charge in [0.1, 0.15) is 17.7 Å². The number of nitriles is 1. The Morgan fingerprint density at radius 3 is 2.31 bits per heavy atom. The molecule has 1 aromatic carbocycles. The molecule has 3 heterocycles. The number of anilines is 2. The molecule has 2 aliphatic heterocycles. The molecule has 2 aliphatic rings. The third-order valence-electron chi connectivity index (χ3n) is 8.08. The first-order valence-corrected chi connectivity index (χ1v) is 15.1. The van der Waals surface area contributed by atoms with Gasteiger partial charge in [-0.25, -0.2) is 9.97 Å². The number of rotatable bonds is 13. The Balaban J connectivity index is 1.29. The summed E-state index contributed by atoms with van der Waals surface area (Å²) >= 11 is 0. The molecule has 4 rings (SSSR count). The molecule has 0 unspecified atom stereocenters. The van der Waals surface area contributed by atoms with Crippen molar-refractivity contribution in [3.63, 3.8) is 0 Å². The predicted molar refractivity (Wildman–Crippen MR) is 162 cm³/mol. The summed E-state index contributed by atoms with van der Waals surface area (Å²) in [6.07, 6.45) is -0.229. The Bertz CT molecular complexity index is 1370. The number of carbonyl (C=O) groups excluding carboxylic acids is 2. The standard InChI is InChI=1S/C30H39F3N10O2/c31-30(32,33)28-40-24(42-15-9-20(10-16-42)2-1-3-26(44)37-13-14-39-29(35)36)18-25(41-28)43-17-11-23(43)27(45)38-12-8-21-4-6-22(19-34)7-5-21/h4-7,18,20,23H,1-3,8-17H2,(H,37,44)(H,38,45)(H4,35,36,39)/t23-/m0/s1. The summed E-state index contributed by atoms with van der Waals surface area (Å²) < 4.78 is 41.5. The van der Waals surface area contributed by atoms with Crippen LogP contribution in [-0.2, 0) is 22.2 Å². The molecule has 0 bridgehead atoms. The van der Waals surface area contributed by atoms with Gasteiger partial charge in [0.15, 0.2) is 5.96 Å². The highest BCUT2D eigenvalue weighted by Gasteiger charge is 2.40. The second-order valence-electron chi connectivity index (χ2n) is 11.3. The zero-order valence-corrected chi connectivity index (χ0v) is 25.0. The minimum absolute atomic E-state index is 0.0738. The number of amides is 2. The van der Waals surface area contributed by atoms with Gasteiger partial charge in [-0.2, -0.15) is 18.4 Å². The number of benzene rings is 1. The topological polar surface area (TPSA) is 176 Å². The van der Waals surface area contributed by atoms with E-state index in [9.17, 15) is 22.8 Å². The smallest absolute Gasteiger partial charge is 0.370 e. The van der Waals surface area contributed by atoms with Gasteiger partial charge in [0.05, 0.1) is 11.6 Å². The molecular weight excluding hydrogens is 589 g/mol. The summed E-state index contributed by atoms with van der Waals surface area (Å²) in [5, 5.41) is 24.3. The van der Waals surface area contributed by atoms with E-state index in [1.165, 1.54) is 6.07 Å². The quantitative estimate of drug-likeness (QED) is 0.127. The molecule has 1 atom stereocenters. The Morgan fingerprint density at radius 1 is 1.00 bits per heavy atom. The van der Waals surface area contributed by atoms with E-state index in [2.05, 4.69) is 32.0 Å². The fourth-order valence-electron chi connectivity index (χ4n) is 5.48. The van der Waals surface area contributed by atoms with Gasteiger partial charge in [0.25, 0.3) is 0 Å². The van der Waals surface area contributed by atoms with Crippen molar-refractivity contribution in [2.24, 2.45) is 11.7 Å². The van der Waals surface area contributed by atoms with Gasteiger partial charge in [-0.15, -0.1) is 0 Å². The van der Waals surface area contributed by atoms with E-state index in [-0.39, 0.29) is 29.4 Å². The second kappa shape index (κ2) is 15.4. The number of hydrogen-bond acceptors (Lipinski definition) is 8. The van der Waals surface area contributed by atoms with Gasteiger partial charge in [-0.05, 0) is 62.1 Å². The van der Waals surface area contributed by atoms with Crippen molar-refractivity contribution < 1.29 is 22.8 Å². The van der Waals surface area contributed by atoms with Crippen LogP contribution in [0.25, 0.3) is 0 Å². The first kappa shape index (κ1) is 33.3. The van der Waals surface area contributed by atoms with Crippen LogP contribution in [-0.4, -0.2) is 73.1 Å². The van der Waals surface area contributed by atoms with Crippen LogP contribution in [0.4, 0.5) is 24.8 Å². The maximum Gasteiger partial charge on any atom is 0.451 e. The van der Waals surface area contributed by atoms with Crippen LogP contribution in [0.5, 0.6) is 0 Å². The summed E-state index contributed by atoms with van der Waals surface area (Å²) in [4.78, 5) is 36.0. The summed E-state index contributed by atoms with van der Waals surface area (Å²) in [7, 11) is 0. The van der Waals surface area contributed by atoms with Crippen LogP contribution >= 0.6 is 0 Å². The van der Waals surface area contributed by atoms with Crippen molar-refractivity contribution in [2.45, 2.75) is 57.2 Å². The number of nitrogens with zero attached hydrogens (tertiary/aromatic N) is 5. The number of nitrogens with one attached hydrogen (secondary N) is 4. The largest absolute Gasteiger partial charge is 0.451 e. The minimum atomic E-state index is -4.74. The molecule has 1 aromatic heterocycles. The van der Waals surface area contributed by atoms with Crippen LogP contribution in [0.15, 0.2) is 30.3 Å². The molecule has 2 amide bonds. The van der Waals surface area contributed by atoms with Crippen LogP contribution < -0.4 is 31.5 Å². The van der Waals surface area contributed by atoms with E-state index < -0.39 is 18.0 Å². The average Bonchev–Trinajstić information content (AvgIpc) is 2.99. The molecule has 0 spiro atoms. The van der Waals surface area contributed by atoms with Gasteiger partial charge < -0.3 is 31.5 Å². The van der Waals surface area contributed by atoms with Crippen molar-refractivity contribution in [2.75, 3.05) is 49.1 Å². The third-order valence-corrected chi connectivity index (χ3v) is 8.08. The van der Waals surface area contributed by atoms with Crippen LogP contribution in [0.3, 0.4) is 0 Å². The van der Waals surface area contributed by atoms with E-state index in [0.717, 1.165) is 24.8 Å². The molecule has 2 fully saturated rings.